The maximum absolute atomic E-state index is 11.8. The molecule has 0 aromatic heterocycles. The molecule has 0 saturated carbocycles. The Balaban J connectivity index is 2.27. The van der Waals surface area contributed by atoms with Gasteiger partial charge in [0, 0.05) is 20.6 Å². The highest BCUT2D eigenvalue weighted by molar-refractivity contribution is 6.45. The van der Waals surface area contributed by atoms with Crippen LogP contribution in [0.2, 0.25) is 0 Å². The third-order valence-corrected chi connectivity index (χ3v) is 3.12. The zero-order valence-electron chi connectivity index (χ0n) is 11.7. The van der Waals surface area contributed by atoms with Crippen molar-refractivity contribution in [3.05, 3.63) is 23.8 Å². The van der Waals surface area contributed by atoms with Gasteiger partial charge in [-0.25, -0.2) is 4.79 Å². The van der Waals surface area contributed by atoms with Crippen LogP contribution in [0.15, 0.2) is 23.3 Å². The van der Waals surface area contributed by atoms with E-state index in [1.807, 2.05) is 6.07 Å². The number of urea groups is 1. The van der Waals surface area contributed by atoms with E-state index < -0.39 is 5.84 Å². The van der Waals surface area contributed by atoms with Crippen molar-refractivity contribution in [2.24, 2.45) is 10.8 Å². The van der Waals surface area contributed by atoms with Crippen LogP contribution in [0.1, 0.15) is 5.56 Å². The van der Waals surface area contributed by atoms with Gasteiger partial charge in [0.15, 0.2) is 5.84 Å². The molecule has 1 aromatic rings. The van der Waals surface area contributed by atoms with Gasteiger partial charge in [-0.3, -0.25) is 15.7 Å². The number of hydrazone groups is 1. The highest BCUT2D eigenvalue weighted by Gasteiger charge is 2.24. The van der Waals surface area contributed by atoms with Crippen molar-refractivity contribution in [3.63, 3.8) is 0 Å². The third kappa shape index (κ3) is 2.76. The Labute approximate surface area is 121 Å². The molecule has 4 N–H and O–H groups in total. The molecule has 2 rings (SSSR count). The van der Waals surface area contributed by atoms with Gasteiger partial charge in [-0.1, -0.05) is 0 Å². The average Bonchev–Trinajstić information content (AvgIpc) is 2.45. The lowest BCUT2D eigenvalue weighted by Gasteiger charge is -2.32. The summed E-state index contributed by atoms with van der Waals surface area (Å²) in [6.45, 7) is 0.496. The van der Waals surface area contributed by atoms with E-state index in [0.29, 0.717) is 12.2 Å². The topological polar surface area (TPSA) is 122 Å². The van der Waals surface area contributed by atoms with Crippen molar-refractivity contribution in [2.45, 2.75) is 6.54 Å². The molecule has 1 heterocycles. The van der Waals surface area contributed by atoms with Crippen LogP contribution >= 0.6 is 0 Å². The van der Waals surface area contributed by atoms with E-state index in [1.54, 1.807) is 42.1 Å². The van der Waals surface area contributed by atoms with Gasteiger partial charge in [-0.05, 0) is 23.8 Å². The van der Waals surface area contributed by atoms with Crippen LogP contribution in [-0.4, -0.2) is 36.6 Å². The van der Waals surface area contributed by atoms with E-state index in [9.17, 15) is 4.79 Å². The molecule has 1 aliphatic heterocycles. The number of nitrogens with zero attached hydrogens (tertiary/aromatic N) is 4. The Morgan fingerprint density at radius 2 is 2.24 bits per heavy atom. The molecule has 0 bridgehead atoms. The Bertz CT molecular complexity index is 674. The van der Waals surface area contributed by atoms with Crippen molar-refractivity contribution in [1.29, 1.82) is 10.7 Å². The van der Waals surface area contributed by atoms with Gasteiger partial charge in [-0.15, -0.1) is 0 Å². The van der Waals surface area contributed by atoms with E-state index in [-0.39, 0.29) is 11.7 Å². The van der Waals surface area contributed by atoms with Crippen LogP contribution < -0.4 is 16.1 Å². The molecular weight excluding hydrogens is 270 g/mol. The summed E-state index contributed by atoms with van der Waals surface area (Å²) in [5.74, 6) is -0.395. The second kappa shape index (κ2) is 5.50. The Morgan fingerprint density at radius 1 is 1.52 bits per heavy atom. The van der Waals surface area contributed by atoms with E-state index in [0.717, 1.165) is 11.3 Å². The quantitative estimate of drug-likeness (QED) is 0.434. The van der Waals surface area contributed by atoms with Gasteiger partial charge < -0.3 is 10.6 Å². The number of nitrogens with two attached hydrogens (primary N) is 1. The number of hydrogen-bond acceptors (Lipinski definition) is 5. The second-order valence-corrected chi connectivity index (χ2v) is 4.64. The number of nitriles is 1. The first kappa shape index (κ1) is 14.3. The van der Waals surface area contributed by atoms with Gasteiger partial charge in [0.1, 0.15) is 6.07 Å². The lowest BCUT2D eigenvalue weighted by molar-refractivity contribution is 0.212. The summed E-state index contributed by atoms with van der Waals surface area (Å²) >= 11 is 0. The third-order valence-electron chi connectivity index (χ3n) is 3.12. The van der Waals surface area contributed by atoms with Crippen LogP contribution in [0.25, 0.3) is 0 Å². The molecule has 1 aliphatic rings. The molecule has 1 aromatic carbocycles. The molecule has 0 unspecified atom stereocenters. The zero-order valence-corrected chi connectivity index (χ0v) is 11.7. The molecule has 0 radical (unpaired) electrons. The maximum Gasteiger partial charge on any atom is 0.324 e. The smallest absolute Gasteiger partial charge is 0.324 e. The fourth-order valence-corrected chi connectivity index (χ4v) is 2.06. The number of fused-ring (bicyclic) bond motifs is 1. The molecule has 2 amide bonds. The SMILES string of the molecule is CN1Cc2cc(N/N=C(\C#N)C(=N)N)ccc2N(C)C1=O. The van der Waals surface area contributed by atoms with Crippen molar-refractivity contribution in [2.75, 3.05) is 24.4 Å². The predicted molar refractivity (Wildman–Crippen MR) is 80.3 cm³/mol. The summed E-state index contributed by atoms with van der Waals surface area (Å²) < 4.78 is 0. The van der Waals surface area contributed by atoms with Crippen LogP contribution in [0, 0.1) is 16.7 Å². The Morgan fingerprint density at radius 3 is 2.86 bits per heavy atom. The minimum Gasteiger partial charge on any atom is -0.382 e. The van der Waals surface area contributed by atoms with Crippen LogP contribution in [0.3, 0.4) is 0 Å². The lowest BCUT2D eigenvalue weighted by atomic mass is 10.1. The number of nitrogens with one attached hydrogen (secondary N) is 2. The van der Waals surface area contributed by atoms with E-state index in [2.05, 4.69) is 10.5 Å². The van der Waals surface area contributed by atoms with Crippen molar-refractivity contribution in [1.82, 2.24) is 4.90 Å². The molecule has 0 aliphatic carbocycles. The molecule has 108 valence electrons. The molecule has 8 nitrogen and oxygen atoms in total. The molecule has 0 atom stereocenters. The van der Waals surface area contributed by atoms with E-state index in [1.165, 1.54) is 0 Å². The summed E-state index contributed by atoms with van der Waals surface area (Å²) in [4.78, 5) is 15.0. The fourth-order valence-electron chi connectivity index (χ4n) is 2.06. The molecule has 0 spiro atoms. The number of rotatable bonds is 3. The summed E-state index contributed by atoms with van der Waals surface area (Å²) in [6.07, 6.45) is 0. The summed E-state index contributed by atoms with van der Waals surface area (Å²) in [5, 5.41) is 19.7. The first-order chi connectivity index (χ1) is 9.93. The van der Waals surface area contributed by atoms with Crippen LogP contribution in [0.4, 0.5) is 16.2 Å². The maximum atomic E-state index is 11.8. The first-order valence-electron chi connectivity index (χ1n) is 6.14. The van der Waals surface area contributed by atoms with E-state index >= 15 is 0 Å². The number of carbonyl (C=O) groups is 1. The Hall–Kier alpha value is -3.08. The van der Waals surface area contributed by atoms with Crippen LogP contribution in [-0.2, 0) is 6.54 Å². The van der Waals surface area contributed by atoms with Crippen molar-refractivity contribution < 1.29 is 4.79 Å². The number of amides is 2. The molecule has 0 saturated heterocycles. The first-order valence-corrected chi connectivity index (χ1v) is 6.14. The van der Waals surface area contributed by atoms with Crippen molar-refractivity contribution in [3.8, 4) is 6.07 Å². The van der Waals surface area contributed by atoms with Gasteiger partial charge in [0.2, 0.25) is 5.71 Å². The lowest BCUT2D eigenvalue weighted by Crippen LogP contribution is -2.42. The highest BCUT2D eigenvalue weighted by atomic mass is 16.2. The average molecular weight is 285 g/mol. The highest BCUT2D eigenvalue weighted by Crippen LogP contribution is 2.29. The fraction of sp³-hybridized carbons (Fsp3) is 0.231. The summed E-state index contributed by atoms with van der Waals surface area (Å²) in [6, 6.07) is 7.05. The normalized spacial score (nSPS) is 14.5. The summed E-state index contributed by atoms with van der Waals surface area (Å²) in [5.41, 5.74) is 10.2. The monoisotopic (exact) mass is 285 g/mol. The van der Waals surface area contributed by atoms with Gasteiger partial charge in [0.25, 0.3) is 0 Å². The number of carbonyl (C=O) groups excluding carboxylic acids is 1. The Kier molecular flexibility index (Phi) is 3.75. The summed E-state index contributed by atoms with van der Waals surface area (Å²) in [7, 11) is 3.44. The van der Waals surface area contributed by atoms with Gasteiger partial charge in [0.05, 0.1) is 11.4 Å². The predicted octanol–water partition coefficient (Wildman–Crippen LogP) is 0.916. The number of anilines is 2. The van der Waals surface area contributed by atoms with Crippen molar-refractivity contribution >= 4 is 29.0 Å². The number of benzene rings is 1. The molecule has 8 heteroatoms. The number of hydrogen-bond donors (Lipinski definition) is 3. The van der Waals surface area contributed by atoms with Gasteiger partial charge in [-0.2, -0.15) is 10.4 Å². The zero-order chi connectivity index (χ0) is 15.6. The van der Waals surface area contributed by atoms with Gasteiger partial charge >= 0.3 is 6.03 Å². The largest absolute Gasteiger partial charge is 0.382 e. The number of amidine groups is 1. The molecule has 21 heavy (non-hydrogen) atoms. The van der Waals surface area contributed by atoms with Crippen LogP contribution in [0.5, 0.6) is 0 Å². The van der Waals surface area contributed by atoms with E-state index in [4.69, 9.17) is 16.4 Å². The second-order valence-electron chi connectivity index (χ2n) is 4.64. The minimum absolute atomic E-state index is 0.0652. The standard InChI is InChI=1S/C13H15N7O/c1-19-7-8-5-9(17-18-10(6-14)12(15)16)3-4-11(8)20(2)13(19)21/h3-5,17H,7H2,1-2H3,(H3,15,16)/b18-10+. The molecular formula is C13H15N7O. The molecule has 0 fully saturated rings. The minimum atomic E-state index is -0.395.